The third-order valence-corrected chi connectivity index (χ3v) is 4.78. The van der Waals surface area contributed by atoms with Gasteiger partial charge < -0.3 is 18.6 Å². The van der Waals surface area contributed by atoms with E-state index in [1.165, 1.54) is 5.56 Å². The van der Waals surface area contributed by atoms with E-state index < -0.39 is 0 Å². The summed E-state index contributed by atoms with van der Waals surface area (Å²) < 4.78 is 17.8. The average molecular weight is 406 g/mol. The molecule has 0 atom stereocenters. The fourth-order valence-corrected chi connectivity index (χ4v) is 3.32. The predicted octanol–water partition coefficient (Wildman–Crippen LogP) is 3.20. The van der Waals surface area contributed by atoms with Crippen LogP contribution in [0.1, 0.15) is 12.5 Å². The van der Waals surface area contributed by atoms with E-state index in [-0.39, 0.29) is 0 Å². The number of aromatic nitrogens is 6. The van der Waals surface area contributed by atoms with Crippen molar-refractivity contribution in [1.29, 1.82) is 0 Å². The van der Waals surface area contributed by atoms with Crippen LogP contribution in [0.25, 0.3) is 11.4 Å². The first-order valence-electron chi connectivity index (χ1n) is 10.1. The number of ether oxygens (including phenoxy) is 2. The van der Waals surface area contributed by atoms with E-state index >= 15 is 0 Å². The molecule has 3 heterocycles. The van der Waals surface area contributed by atoms with Crippen molar-refractivity contribution < 1.29 is 9.47 Å². The summed E-state index contributed by atoms with van der Waals surface area (Å²) in [6, 6.07) is 5.98. The van der Waals surface area contributed by atoms with E-state index in [1.807, 2.05) is 72.4 Å². The van der Waals surface area contributed by atoms with Crippen molar-refractivity contribution >= 4 is 0 Å². The standard InChI is InChI=1S/C22H26N6O2/c1-3-29-21-14-19(4-5-20(21)30-13-12-27-10-7-23-17-27)22-24-8-11-28(22)9-6-18-15-25-26(2)16-18/h4-5,7-8,10-11,14-17H,3,6,9,12-13H2,1-2H3. The van der Waals surface area contributed by atoms with Gasteiger partial charge in [-0.05, 0) is 37.1 Å². The predicted molar refractivity (Wildman–Crippen MR) is 113 cm³/mol. The summed E-state index contributed by atoms with van der Waals surface area (Å²) in [7, 11) is 1.93. The van der Waals surface area contributed by atoms with Crippen molar-refractivity contribution in [2.75, 3.05) is 13.2 Å². The largest absolute Gasteiger partial charge is 0.490 e. The molecular formula is C22H26N6O2. The van der Waals surface area contributed by atoms with Gasteiger partial charge in [-0.2, -0.15) is 5.10 Å². The van der Waals surface area contributed by atoms with E-state index in [9.17, 15) is 0 Å². The van der Waals surface area contributed by atoms with Crippen molar-refractivity contribution in [1.82, 2.24) is 28.9 Å². The van der Waals surface area contributed by atoms with E-state index in [2.05, 4.69) is 19.6 Å². The molecule has 8 heteroatoms. The maximum Gasteiger partial charge on any atom is 0.161 e. The number of aryl methyl sites for hydroxylation is 3. The summed E-state index contributed by atoms with van der Waals surface area (Å²) in [5.41, 5.74) is 2.20. The third kappa shape index (κ3) is 4.71. The zero-order valence-electron chi connectivity index (χ0n) is 17.3. The highest BCUT2D eigenvalue weighted by Gasteiger charge is 2.12. The van der Waals surface area contributed by atoms with Gasteiger partial charge in [0.05, 0.1) is 25.7 Å². The molecule has 0 spiro atoms. The van der Waals surface area contributed by atoms with Crippen LogP contribution in [-0.4, -0.2) is 42.1 Å². The van der Waals surface area contributed by atoms with Gasteiger partial charge in [0.25, 0.3) is 0 Å². The molecule has 3 aromatic heterocycles. The van der Waals surface area contributed by atoms with Crippen LogP contribution in [0.3, 0.4) is 0 Å². The maximum absolute atomic E-state index is 5.96. The Bertz CT molecular complexity index is 1070. The maximum atomic E-state index is 5.96. The highest BCUT2D eigenvalue weighted by Crippen LogP contribution is 2.32. The molecule has 0 radical (unpaired) electrons. The third-order valence-electron chi connectivity index (χ3n) is 4.78. The van der Waals surface area contributed by atoms with Crippen LogP contribution in [0.5, 0.6) is 11.5 Å². The number of imidazole rings is 2. The van der Waals surface area contributed by atoms with Crippen LogP contribution in [0.4, 0.5) is 0 Å². The summed E-state index contributed by atoms with van der Waals surface area (Å²) >= 11 is 0. The minimum atomic E-state index is 0.537. The first kappa shape index (κ1) is 19.8. The number of benzene rings is 1. The molecule has 0 saturated carbocycles. The second-order valence-corrected chi connectivity index (χ2v) is 6.96. The lowest BCUT2D eigenvalue weighted by atomic mass is 10.1. The molecule has 0 saturated heterocycles. The Balaban J connectivity index is 1.47. The Kier molecular flexibility index (Phi) is 6.12. The van der Waals surface area contributed by atoms with E-state index in [0.717, 1.165) is 42.4 Å². The zero-order chi connectivity index (χ0) is 20.8. The van der Waals surface area contributed by atoms with Gasteiger partial charge in [0, 0.05) is 50.1 Å². The van der Waals surface area contributed by atoms with Crippen molar-refractivity contribution in [2.24, 2.45) is 7.05 Å². The minimum absolute atomic E-state index is 0.537. The molecule has 8 nitrogen and oxygen atoms in total. The molecule has 0 amide bonds. The minimum Gasteiger partial charge on any atom is -0.490 e. The molecule has 0 unspecified atom stereocenters. The summed E-state index contributed by atoms with van der Waals surface area (Å²) in [6.45, 7) is 4.63. The molecule has 0 aliphatic heterocycles. The Morgan fingerprint density at radius 3 is 2.73 bits per heavy atom. The smallest absolute Gasteiger partial charge is 0.161 e. The van der Waals surface area contributed by atoms with Crippen LogP contribution in [-0.2, 0) is 26.6 Å². The molecule has 1 aromatic carbocycles. The van der Waals surface area contributed by atoms with Crippen molar-refractivity contribution in [3.63, 3.8) is 0 Å². The summed E-state index contributed by atoms with van der Waals surface area (Å²) in [5, 5.41) is 4.24. The van der Waals surface area contributed by atoms with Gasteiger partial charge in [0.2, 0.25) is 0 Å². The van der Waals surface area contributed by atoms with Gasteiger partial charge in [-0.1, -0.05) is 0 Å². The van der Waals surface area contributed by atoms with Gasteiger partial charge in [-0.25, -0.2) is 9.97 Å². The number of hydrogen-bond acceptors (Lipinski definition) is 5. The van der Waals surface area contributed by atoms with Crippen molar-refractivity contribution in [3.8, 4) is 22.9 Å². The lowest BCUT2D eigenvalue weighted by Crippen LogP contribution is -2.08. The molecule has 0 fully saturated rings. The van der Waals surface area contributed by atoms with Gasteiger partial charge in [0.15, 0.2) is 11.5 Å². The fourth-order valence-electron chi connectivity index (χ4n) is 3.32. The van der Waals surface area contributed by atoms with Gasteiger partial charge in [-0.15, -0.1) is 0 Å². The number of rotatable bonds is 10. The Morgan fingerprint density at radius 1 is 1.03 bits per heavy atom. The summed E-state index contributed by atoms with van der Waals surface area (Å²) in [5.74, 6) is 2.36. The molecule has 30 heavy (non-hydrogen) atoms. The van der Waals surface area contributed by atoms with Crippen LogP contribution < -0.4 is 9.47 Å². The van der Waals surface area contributed by atoms with Gasteiger partial charge >= 0.3 is 0 Å². The molecule has 156 valence electrons. The van der Waals surface area contributed by atoms with Gasteiger partial charge in [-0.3, -0.25) is 4.68 Å². The van der Waals surface area contributed by atoms with E-state index in [1.54, 1.807) is 12.5 Å². The SMILES string of the molecule is CCOc1cc(-c2nccn2CCc2cnn(C)c2)ccc1OCCn1ccnc1. The van der Waals surface area contributed by atoms with Crippen LogP contribution >= 0.6 is 0 Å². The van der Waals surface area contributed by atoms with E-state index in [4.69, 9.17) is 9.47 Å². The molecule has 0 aliphatic rings. The highest BCUT2D eigenvalue weighted by atomic mass is 16.5. The Morgan fingerprint density at radius 2 is 1.97 bits per heavy atom. The molecule has 4 aromatic rings. The van der Waals surface area contributed by atoms with Crippen molar-refractivity contribution in [2.45, 2.75) is 26.4 Å². The molecular weight excluding hydrogens is 380 g/mol. The quantitative estimate of drug-likeness (QED) is 0.404. The number of hydrogen-bond donors (Lipinski definition) is 0. The van der Waals surface area contributed by atoms with E-state index in [0.29, 0.717) is 13.2 Å². The highest BCUT2D eigenvalue weighted by molar-refractivity contribution is 5.61. The molecule has 0 aliphatic carbocycles. The molecule has 0 N–H and O–H groups in total. The Labute approximate surface area is 175 Å². The molecule has 0 bridgehead atoms. The average Bonchev–Trinajstić information content (AvgIpc) is 3.50. The molecule has 4 rings (SSSR count). The van der Waals surface area contributed by atoms with Gasteiger partial charge in [0.1, 0.15) is 12.4 Å². The topological polar surface area (TPSA) is 71.9 Å². The Hall–Kier alpha value is -3.55. The first-order valence-corrected chi connectivity index (χ1v) is 10.1. The fraction of sp³-hybridized carbons (Fsp3) is 0.318. The normalized spacial score (nSPS) is 11.0. The van der Waals surface area contributed by atoms with Crippen LogP contribution in [0.2, 0.25) is 0 Å². The van der Waals surface area contributed by atoms with Crippen molar-refractivity contribution in [3.05, 3.63) is 67.3 Å². The second-order valence-electron chi connectivity index (χ2n) is 6.96. The van der Waals surface area contributed by atoms with Crippen LogP contribution in [0, 0.1) is 0 Å². The lowest BCUT2D eigenvalue weighted by molar-refractivity contribution is 0.266. The second kappa shape index (κ2) is 9.30. The first-order chi connectivity index (χ1) is 14.7. The summed E-state index contributed by atoms with van der Waals surface area (Å²) in [6.07, 6.45) is 14.1. The zero-order valence-corrected chi connectivity index (χ0v) is 17.3. The number of nitrogens with zero attached hydrogens (tertiary/aromatic N) is 6. The monoisotopic (exact) mass is 406 g/mol. The lowest BCUT2D eigenvalue weighted by Gasteiger charge is -2.14. The summed E-state index contributed by atoms with van der Waals surface area (Å²) in [4.78, 5) is 8.61. The van der Waals surface area contributed by atoms with Crippen LogP contribution in [0.15, 0.2) is 61.7 Å².